The Kier molecular flexibility index (Phi) is 4.97. The lowest BCUT2D eigenvalue weighted by atomic mass is 10.1. The number of nitrogens with zero attached hydrogens (tertiary/aromatic N) is 1. The Morgan fingerprint density at radius 3 is 2.09 bits per heavy atom. The van der Waals surface area contributed by atoms with Crippen molar-refractivity contribution in [3.05, 3.63) is 58.6 Å². The summed E-state index contributed by atoms with van der Waals surface area (Å²) >= 11 is 5.79. The van der Waals surface area contributed by atoms with E-state index in [0.29, 0.717) is 21.8 Å². The summed E-state index contributed by atoms with van der Waals surface area (Å²) in [6, 6.07) is 10.9. The largest absolute Gasteiger partial charge is 0.480 e. The Labute approximate surface area is 140 Å². The van der Waals surface area contributed by atoms with E-state index in [-0.39, 0.29) is 4.90 Å². The van der Waals surface area contributed by atoms with Gasteiger partial charge in [-0.05, 0) is 49.2 Å². The molecular formula is C16H16ClNO4S. The van der Waals surface area contributed by atoms with E-state index in [1.165, 1.54) is 24.3 Å². The molecule has 0 saturated carbocycles. The molecule has 0 saturated heterocycles. The molecule has 0 spiro atoms. The monoisotopic (exact) mass is 353 g/mol. The molecule has 0 fully saturated rings. The highest BCUT2D eigenvalue weighted by Crippen LogP contribution is 2.30. The molecule has 0 amide bonds. The highest BCUT2D eigenvalue weighted by atomic mass is 35.5. The number of carboxylic acids is 1. The van der Waals surface area contributed by atoms with Crippen LogP contribution in [0.2, 0.25) is 5.02 Å². The van der Waals surface area contributed by atoms with Crippen LogP contribution in [0.5, 0.6) is 0 Å². The minimum atomic E-state index is -4.02. The zero-order valence-corrected chi connectivity index (χ0v) is 14.2. The van der Waals surface area contributed by atoms with E-state index < -0.39 is 22.5 Å². The lowest BCUT2D eigenvalue weighted by Crippen LogP contribution is -2.36. The summed E-state index contributed by atoms with van der Waals surface area (Å²) < 4.78 is 26.7. The summed E-state index contributed by atoms with van der Waals surface area (Å²) in [5, 5.41) is 9.56. The van der Waals surface area contributed by atoms with E-state index in [9.17, 15) is 13.2 Å². The van der Waals surface area contributed by atoms with Crippen LogP contribution in [-0.4, -0.2) is 26.0 Å². The first-order valence-corrected chi connectivity index (χ1v) is 8.61. The standard InChI is InChI=1S/C16H16ClNO4S/c1-11-4-3-5-12(2)16(11)18(10-15(19)20)23(21,22)14-8-6-13(17)7-9-14/h3-9H,10H2,1-2H3,(H,19,20). The first-order valence-electron chi connectivity index (χ1n) is 6.80. The summed E-state index contributed by atoms with van der Waals surface area (Å²) in [5.41, 5.74) is 1.75. The van der Waals surface area contributed by atoms with Gasteiger partial charge in [-0.1, -0.05) is 29.8 Å². The lowest BCUT2D eigenvalue weighted by molar-refractivity contribution is -0.135. The maximum absolute atomic E-state index is 12.9. The van der Waals surface area contributed by atoms with E-state index >= 15 is 0 Å². The minimum Gasteiger partial charge on any atom is -0.480 e. The van der Waals surface area contributed by atoms with Gasteiger partial charge in [-0.2, -0.15) is 0 Å². The quantitative estimate of drug-likeness (QED) is 0.895. The molecule has 2 aromatic rings. The molecule has 0 aliphatic heterocycles. The molecular weight excluding hydrogens is 338 g/mol. The molecule has 122 valence electrons. The molecule has 7 heteroatoms. The lowest BCUT2D eigenvalue weighted by Gasteiger charge is -2.26. The van der Waals surface area contributed by atoms with Crippen LogP contribution in [0.25, 0.3) is 0 Å². The van der Waals surface area contributed by atoms with Crippen LogP contribution < -0.4 is 4.31 Å². The fraction of sp³-hybridized carbons (Fsp3) is 0.188. The summed E-state index contributed by atoms with van der Waals surface area (Å²) in [5.74, 6) is -1.23. The number of rotatable bonds is 5. The number of anilines is 1. The Morgan fingerprint density at radius 2 is 1.61 bits per heavy atom. The van der Waals surface area contributed by atoms with Crippen molar-refractivity contribution in [1.82, 2.24) is 0 Å². The molecule has 2 rings (SSSR count). The van der Waals surface area contributed by atoms with Gasteiger partial charge in [-0.25, -0.2) is 8.42 Å². The predicted molar refractivity (Wildman–Crippen MR) is 89.5 cm³/mol. The zero-order chi connectivity index (χ0) is 17.2. The maximum Gasteiger partial charge on any atom is 0.324 e. The van der Waals surface area contributed by atoms with Crippen molar-refractivity contribution in [2.24, 2.45) is 0 Å². The molecule has 0 unspecified atom stereocenters. The summed E-state index contributed by atoms with van der Waals surface area (Å²) in [6.45, 7) is 2.83. The molecule has 0 heterocycles. The van der Waals surface area contributed by atoms with E-state index in [2.05, 4.69) is 0 Å². The van der Waals surface area contributed by atoms with Crippen molar-refractivity contribution < 1.29 is 18.3 Å². The van der Waals surface area contributed by atoms with Crippen molar-refractivity contribution in [2.75, 3.05) is 10.8 Å². The third-order valence-electron chi connectivity index (χ3n) is 3.37. The Bertz CT molecular complexity index is 811. The van der Waals surface area contributed by atoms with Crippen LogP contribution in [0, 0.1) is 13.8 Å². The second-order valence-corrected chi connectivity index (χ2v) is 7.40. The molecule has 0 atom stereocenters. The smallest absolute Gasteiger partial charge is 0.324 e. The second-order valence-electron chi connectivity index (χ2n) is 5.10. The molecule has 0 aliphatic carbocycles. The maximum atomic E-state index is 12.9. The van der Waals surface area contributed by atoms with Crippen LogP contribution >= 0.6 is 11.6 Å². The van der Waals surface area contributed by atoms with Crippen LogP contribution in [0.3, 0.4) is 0 Å². The van der Waals surface area contributed by atoms with Crippen LogP contribution in [0.15, 0.2) is 47.4 Å². The Hall–Kier alpha value is -2.05. The van der Waals surface area contributed by atoms with E-state index in [1.54, 1.807) is 32.0 Å². The fourth-order valence-electron chi connectivity index (χ4n) is 2.34. The predicted octanol–water partition coefficient (Wildman–Crippen LogP) is 3.24. The zero-order valence-electron chi connectivity index (χ0n) is 12.7. The number of para-hydroxylation sites is 1. The van der Waals surface area contributed by atoms with E-state index in [4.69, 9.17) is 16.7 Å². The highest BCUT2D eigenvalue weighted by Gasteiger charge is 2.29. The van der Waals surface area contributed by atoms with Crippen LogP contribution in [0.1, 0.15) is 11.1 Å². The van der Waals surface area contributed by atoms with Gasteiger partial charge < -0.3 is 5.11 Å². The topological polar surface area (TPSA) is 74.7 Å². The Morgan fingerprint density at radius 1 is 1.09 bits per heavy atom. The minimum absolute atomic E-state index is 0.00852. The number of carboxylic acid groups (broad SMARTS) is 1. The molecule has 5 nitrogen and oxygen atoms in total. The number of carbonyl (C=O) groups is 1. The van der Waals surface area contributed by atoms with Gasteiger partial charge in [0.05, 0.1) is 10.6 Å². The summed E-state index contributed by atoms with van der Waals surface area (Å²) in [4.78, 5) is 11.2. The Balaban J connectivity index is 2.63. The van der Waals surface area contributed by atoms with Crippen molar-refractivity contribution >= 4 is 33.3 Å². The van der Waals surface area contributed by atoms with Crippen molar-refractivity contribution in [3.8, 4) is 0 Å². The average Bonchev–Trinajstić information content (AvgIpc) is 2.46. The second kappa shape index (κ2) is 6.60. The van der Waals surface area contributed by atoms with E-state index in [0.717, 1.165) is 4.31 Å². The number of hydrogen-bond acceptors (Lipinski definition) is 3. The molecule has 0 aliphatic rings. The normalized spacial score (nSPS) is 11.3. The number of halogens is 1. The van der Waals surface area contributed by atoms with Crippen LogP contribution in [0.4, 0.5) is 5.69 Å². The van der Waals surface area contributed by atoms with Gasteiger partial charge in [0.2, 0.25) is 0 Å². The number of aliphatic carboxylic acids is 1. The molecule has 0 bridgehead atoms. The van der Waals surface area contributed by atoms with Gasteiger partial charge in [-0.3, -0.25) is 9.10 Å². The molecule has 0 aromatic heterocycles. The van der Waals surface area contributed by atoms with Gasteiger partial charge in [0.25, 0.3) is 10.0 Å². The third kappa shape index (κ3) is 3.65. The molecule has 23 heavy (non-hydrogen) atoms. The third-order valence-corrected chi connectivity index (χ3v) is 5.38. The van der Waals surface area contributed by atoms with Gasteiger partial charge >= 0.3 is 5.97 Å². The van der Waals surface area contributed by atoms with Gasteiger partial charge in [0, 0.05) is 5.02 Å². The van der Waals surface area contributed by atoms with Crippen molar-refractivity contribution in [3.63, 3.8) is 0 Å². The summed E-state index contributed by atoms with van der Waals surface area (Å²) in [7, 11) is -4.02. The fourth-order valence-corrected chi connectivity index (χ4v) is 4.01. The molecule has 2 aromatic carbocycles. The van der Waals surface area contributed by atoms with Crippen molar-refractivity contribution in [2.45, 2.75) is 18.7 Å². The highest BCUT2D eigenvalue weighted by molar-refractivity contribution is 7.92. The molecule has 1 N–H and O–H groups in total. The summed E-state index contributed by atoms with van der Waals surface area (Å²) in [6.07, 6.45) is 0. The van der Waals surface area contributed by atoms with Gasteiger partial charge in [0.15, 0.2) is 0 Å². The van der Waals surface area contributed by atoms with E-state index in [1.807, 2.05) is 0 Å². The van der Waals surface area contributed by atoms with Gasteiger partial charge in [0.1, 0.15) is 6.54 Å². The van der Waals surface area contributed by atoms with Gasteiger partial charge in [-0.15, -0.1) is 0 Å². The first kappa shape index (κ1) is 17.3. The first-order chi connectivity index (χ1) is 10.7. The SMILES string of the molecule is Cc1cccc(C)c1N(CC(=O)O)S(=O)(=O)c1ccc(Cl)cc1. The molecule has 0 radical (unpaired) electrons. The van der Waals surface area contributed by atoms with Crippen LogP contribution in [-0.2, 0) is 14.8 Å². The average molecular weight is 354 g/mol. The number of benzene rings is 2. The number of aryl methyl sites for hydroxylation is 2. The number of hydrogen-bond donors (Lipinski definition) is 1. The number of sulfonamides is 1. The van der Waals surface area contributed by atoms with Crippen molar-refractivity contribution in [1.29, 1.82) is 0 Å².